The molecule has 2 saturated carbocycles. The van der Waals surface area contributed by atoms with E-state index in [4.69, 9.17) is 4.99 Å². The molecule has 150 valence electrons. The average molecular weight is 384 g/mol. The first-order valence-corrected chi connectivity index (χ1v) is 12.5. The van der Waals surface area contributed by atoms with E-state index in [-0.39, 0.29) is 5.92 Å². The Labute approximate surface area is 159 Å². The minimum absolute atomic E-state index is 0.190. The van der Waals surface area contributed by atoms with Gasteiger partial charge in [-0.1, -0.05) is 33.1 Å². The fraction of sp³-hybridized carbons (Fsp3) is 0.950. The summed E-state index contributed by atoms with van der Waals surface area (Å²) >= 11 is 0. The molecule has 2 aliphatic carbocycles. The molecule has 0 aromatic carbocycles. The average Bonchev–Trinajstić information content (AvgIpc) is 2.96. The summed E-state index contributed by atoms with van der Waals surface area (Å²) < 4.78 is 23.4. The molecule has 1 aliphatic heterocycles. The Balaban J connectivity index is 1.60. The number of nitrogens with zero attached hydrogens (tertiary/aromatic N) is 1. The summed E-state index contributed by atoms with van der Waals surface area (Å²) in [6.45, 7) is 5.34. The molecule has 2 N–H and O–H groups in total. The molecule has 3 rings (SSSR count). The second kappa shape index (κ2) is 8.94. The molecule has 1 heterocycles. The van der Waals surface area contributed by atoms with E-state index >= 15 is 0 Å². The molecule has 0 spiro atoms. The van der Waals surface area contributed by atoms with Crippen LogP contribution in [0.3, 0.4) is 0 Å². The van der Waals surface area contributed by atoms with E-state index in [1.165, 1.54) is 51.4 Å². The lowest BCUT2D eigenvalue weighted by Gasteiger charge is -2.34. The number of guanidine groups is 1. The number of rotatable bonds is 4. The van der Waals surface area contributed by atoms with Crippen LogP contribution < -0.4 is 10.6 Å². The zero-order valence-corrected chi connectivity index (χ0v) is 17.4. The van der Waals surface area contributed by atoms with Gasteiger partial charge in [-0.2, -0.15) is 0 Å². The smallest absolute Gasteiger partial charge is 0.191 e. The first kappa shape index (κ1) is 20.0. The van der Waals surface area contributed by atoms with E-state index in [2.05, 4.69) is 24.5 Å². The van der Waals surface area contributed by atoms with Crippen molar-refractivity contribution in [2.75, 3.05) is 18.1 Å². The van der Waals surface area contributed by atoms with Gasteiger partial charge < -0.3 is 10.6 Å². The van der Waals surface area contributed by atoms with Gasteiger partial charge >= 0.3 is 0 Å². The molecule has 5 nitrogen and oxygen atoms in total. The minimum Gasteiger partial charge on any atom is -0.354 e. The predicted octanol–water partition coefficient (Wildman–Crippen LogP) is 3.11. The molecular formula is C20H37N3O2S. The van der Waals surface area contributed by atoms with Crippen LogP contribution >= 0.6 is 0 Å². The molecule has 0 bridgehead atoms. The van der Waals surface area contributed by atoms with Crippen molar-refractivity contribution in [3.63, 3.8) is 0 Å². The van der Waals surface area contributed by atoms with Crippen LogP contribution in [-0.2, 0) is 9.84 Å². The quantitative estimate of drug-likeness (QED) is 0.578. The van der Waals surface area contributed by atoms with Crippen LogP contribution in [0.25, 0.3) is 0 Å². The van der Waals surface area contributed by atoms with Gasteiger partial charge in [0, 0.05) is 18.6 Å². The van der Waals surface area contributed by atoms with Crippen LogP contribution in [0.1, 0.15) is 71.6 Å². The van der Waals surface area contributed by atoms with Crippen LogP contribution in [0.5, 0.6) is 0 Å². The Kier molecular flexibility index (Phi) is 6.87. The Morgan fingerprint density at radius 3 is 2.31 bits per heavy atom. The van der Waals surface area contributed by atoms with Gasteiger partial charge in [-0.25, -0.2) is 8.42 Å². The number of hydrogen-bond donors (Lipinski definition) is 2. The van der Waals surface area contributed by atoms with E-state index in [1.807, 2.05) is 0 Å². The summed E-state index contributed by atoms with van der Waals surface area (Å²) in [6, 6.07) is 1.01. The maximum Gasteiger partial charge on any atom is 0.191 e. The third kappa shape index (κ3) is 5.86. The lowest BCUT2D eigenvalue weighted by atomic mass is 9.79. The van der Waals surface area contributed by atoms with E-state index in [1.54, 1.807) is 0 Å². The molecule has 26 heavy (non-hydrogen) atoms. The summed E-state index contributed by atoms with van der Waals surface area (Å²) in [7, 11) is -2.82. The molecule has 6 heteroatoms. The standard InChI is InChI=1S/C20H37N3O2S/c1-15-8-9-19(12-16(15)2)23-20(22-18-6-4-3-5-7-18)21-13-17-10-11-26(24,25)14-17/h15-19H,3-14H2,1-2H3,(H2,21,22,23). The Hall–Kier alpha value is -0.780. The zero-order chi connectivity index (χ0) is 18.6. The number of sulfone groups is 1. The second-order valence-electron chi connectivity index (χ2n) is 9.05. The van der Waals surface area contributed by atoms with Crippen molar-refractivity contribution in [3.8, 4) is 0 Å². The van der Waals surface area contributed by atoms with E-state index in [0.717, 1.165) is 24.2 Å². The van der Waals surface area contributed by atoms with Gasteiger partial charge in [-0.3, -0.25) is 4.99 Å². The van der Waals surface area contributed by atoms with Crippen molar-refractivity contribution in [1.82, 2.24) is 10.6 Å². The van der Waals surface area contributed by atoms with Crippen molar-refractivity contribution in [2.24, 2.45) is 22.7 Å². The van der Waals surface area contributed by atoms with Crippen LogP contribution in [0.15, 0.2) is 4.99 Å². The molecular weight excluding hydrogens is 346 g/mol. The summed E-state index contributed by atoms with van der Waals surface area (Å²) in [5.74, 6) is 3.32. The molecule has 0 aromatic rings. The largest absolute Gasteiger partial charge is 0.354 e. The van der Waals surface area contributed by atoms with Crippen molar-refractivity contribution >= 4 is 15.8 Å². The van der Waals surface area contributed by atoms with E-state index in [9.17, 15) is 8.42 Å². The van der Waals surface area contributed by atoms with Crippen LogP contribution in [0.2, 0.25) is 0 Å². The Morgan fingerprint density at radius 2 is 1.65 bits per heavy atom. The van der Waals surface area contributed by atoms with Gasteiger partial charge in [0.15, 0.2) is 15.8 Å². The normalized spacial score (nSPS) is 36.0. The highest BCUT2D eigenvalue weighted by Crippen LogP contribution is 2.29. The molecule has 1 saturated heterocycles. The molecule has 0 amide bonds. The highest BCUT2D eigenvalue weighted by atomic mass is 32.2. The fourth-order valence-corrected chi connectivity index (χ4v) is 6.53. The Morgan fingerprint density at radius 1 is 0.923 bits per heavy atom. The lowest BCUT2D eigenvalue weighted by Crippen LogP contribution is -2.49. The maximum absolute atomic E-state index is 11.7. The van der Waals surface area contributed by atoms with Gasteiger partial charge in [0.2, 0.25) is 0 Å². The molecule has 3 aliphatic rings. The van der Waals surface area contributed by atoms with Crippen molar-refractivity contribution in [1.29, 1.82) is 0 Å². The third-order valence-corrected chi connectivity index (χ3v) is 8.56. The van der Waals surface area contributed by atoms with Crippen molar-refractivity contribution in [3.05, 3.63) is 0 Å². The molecule has 0 aromatic heterocycles. The topological polar surface area (TPSA) is 70.6 Å². The number of nitrogens with one attached hydrogen (secondary N) is 2. The monoisotopic (exact) mass is 383 g/mol. The number of aliphatic imine (C=N–C) groups is 1. The van der Waals surface area contributed by atoms with Crippen LogP contribution in [0, 0.1) is 17.8 Å². The summed E-state index contributed by atoms with van der Waals surface area (Å²) in [6.07, 6.45) is 10.8. The summed E-state index contributed by atoms with van der Waals surface area (Å²) in [5.41, 5.74) is 0. The highest BCUT2D eigenvalue weighted by Gasteiger charge is 2.29. The van der Waals surface area contributed by atoms with E-state index < -0.39 is 9.84 Å². The Bertz CT molecular complexity index is 584. The van der Waals surface area contributed by atoms with Crippen LogP contribution in [0.4, 0.5) is 0 Å². The lowest BCUT2D eigenvalue weighted by molar-refractivity contribution is 0.239. The zero-order valence-electron chi connectivity index (χ0n) is 16.5. The first-order chi connectivity index (χ1) is 12.4. The minimum atomic E-state index is -2.82. The number of hydrogen-bond acceptors (Lipinski definition) is 3. The van der Waals surface area contributed by atoms with Gasteiger partial charge in [-0.15, -0.1) is 0 Å². The van der Waals surface area contributed by atoms with Gasteiger partial charge in [-0.05, 0) is 56.3 Å². The highest BCUT2D eigenvalue weighted by molar-refractivity contribution is 7.91. The van der Waals surface area contributed by atoms with Gasteiger partial charge in [0.25, 0.3) is 0 Å². The maximum atomic E-state index is 11.7. The second-order valence-corrected chi connectivity index (χ2v) is 11.3. The van der Waals surface area contributed by atoms with E-state index in [0.29, 0.717) is 30.1 Å². The molecule has 3 fully saturated rings. The fourth-order valence-electron chi connectivity index (χ4n) is 4.68. The molecule has 4 atom stereocenters. The van der Waals surface area contributed by atoms with Gasteiger partial charge in [0.1, 0.15) is 0 Å². The third-order valence-electron chi connectivity index (χ3n) is 6.72. The summed E-state index contributed by atoms with van der Waals surface area (Å²) in [5, 5.41) is 7.35. The first-order valence-electron chi connectivity index (χ1n) is 10.7. The summed E-state index contributed by atoms with van der Waals surface area (Å²) in [4.78, 5) is 4.83. The van der Waals surface area contributed by atoms with Crippen LogP contribution in [-0.4, -0.2) is 44.5 Å². The molecule has 4 unspecified atom stereocenters. The van der Waals surface area contributed by atoms with Crippen molar-refractivity contribution in [2.45, 2.75) is 83.7 Å². The SMILES string of the molecule is CC1CCC(NC(=NCC2CCS(=O)(=O)C2)NC2CCCCC2)CC1C. The molecule has 0 radical (unpaired) electrons. The van der Waals surface area contributed by atoms with Crippen molar-refractivity contribution < 1.29 is 8.42 Å². The van der Waals surface area contributed by atoms with Gasteiger partial charge in [0.05, 0.1) is 11.5 Å². The predicted molar refractivity (Wildman–Crippen MR) is 108 cm³/mol.